The highest BCUT2D eigenvalue weighted by atomic mass is 15.0. The van der Waals surface area contributed by atoms with Gasteiger partial charge in [-0.1, -0.05) is 133 Å². The highest BCUT2D eigenvalue weighted by Crippen LogP contribution is 2.45. The number of nitrogens with zero attached hydrogens (tertiary/aromatic N) is 6. The second kappa shape index (κ2) is 14.3. The van der Waals surface area contributed by atoms with Crippen LogP contribution in [0.15, 0.2) is 218 Å². The molecule has 4 aromatic heterocycles. The Bertz CT molecular complexity index is 4450. The zero-order valence-corrected chi connectivity index (χ0v) is 37.5. The van der Waals surface area contributed by atoms with E-state index in [4.69, 9.17) is 6.57 Å². The predicted molar refractivity (Wildman–Crippen MR) is 290 cm³/mol. The molecule has 0 unspecified atom stereocenters. The number of fused-ring (bicyclic) bond motifs is 16. The van der Waals surface area contributed by atoms with Crippen LogP contribution in [0.5, 0.6) is 0 Å². The monoisotopic (exact) mass is 888 g/mol. The molecule has 11 aromatic carbocycles. The summed E-state index contributed by atoms with van der Waals surface area (Å²) in [5.41, 5.74) is 12.5. The first-order valence-electron chi connectivity index (χ1n) is 23.5. The molecule has 6 heteroatoms. The highest BCUT2D eigenvalue weighted by Gasteiger charge is 2.25. The maximum Gasteiger partial charge on any atom is 0.230 e. The van der Waals surface area contributed by atoms with Gasteiger partial charge >= 0.3 is 0 Å². The maximum atomic E-state index is 11.4. The van der Waals surface area contributed by atoms with Crippen LogP contribution in [0.25, 0.3) is 136 Å². The van der Waals surface area contributed by atoms with Crippen LogP contribution in [0.3, 0.4) is 0 Å². The van der Waals surface area contributed by atoms with Crippen LogP contribution in [0, 0.1) is 17.9 Å². The topological polar surface area (TPSA) is 47.9 Å². The first kappa shape index (κ1) is 38.2. The summed E-state index contributed by atoms with van der Waals surface area (Å²) in [6.45, 7) is 8.90. The van der Waals surface area contributed by atoms with Crippen LogP contribution in [0.2, 0.25) is 0 Å². The Labute approximate surface area is 400 Å². The lowest BCUT2D eigenvalue weighted by Crippen LogP contribution is -2.02. The molecule has 0 aliphatic carbocycles. The average Bonchev–Trinajstić information content (AvgIpc) is 4.15. The SMILES string of the molecule is [C-]#[N+]c1c(-n2c3ccc(-n4c5ccccc5c5ccccc54)cc3c3c4ccccc4ccc32)ccc(-n2c3ccc(-n4c5ccccc5c5ccccc54)cc3c3c4ccccc4ccc32)c1C#N. The number of aromatic nitrogens is 4. The molecule has 0 fully saturated rings. The maximum absolute atomic E-state index is 11.4. The fourth-order valence-electron chi connectivity index (χ4n) is 11.9. The minimum atomic E-state index is 0.302. The Balaban J connectivity index is 0.992. The minimum absolute atomic E-state index is 0.302. The quantitative estimate of drug-likeness (QED) is 0.162. The van der Waals surface area contributed by atoms with E-state index in [1.807, 2.05) is 12.1 Å². The fraction of sp³-hybridized carbons (Fsp3) is 0. The smallest absolute Gasteiger partial charge is 0.230 e. The third-order valence-electron chi connectivity index (χ3n) is 14.8. The van der Waals surface area contributed by atoms with Crippen molar-refractivity contribution in [1.82, 2.24) is 18.3 Å². The molecule has 0 saturated carbocycles. The first-order valence-corrected chi connectivity index (χ1v) is 23.5. The largest absolute Gasteiger partial charge is 0.319 e. The van der Waals surface area contributed by atoms with Crippen molar-refractivity contribution < 1.29 is 0 Å². The van der Waals surface area contributed by atoms with Gasteiger partial charge in [-0.3, -0.25) is 0 Å². The summed E-state index contributed by atoms with van der Waals surface area (Å²) >= 11 is 0. The standard InChI is InChI=1S/C64H36N6/c1-66-64-51(38-65)58(69-56-32-28-41(36-49(56)62-43-16-4-2-14-39(43)26-30-59(62)69)67-52-22-10-6-18-45(52)46-19-7-11-23-53(46)67)34-35-61(64)70-57-33-29-42(37-50(57)63-44-17-5-3-15-40(44)27-31-60(63)70)68-54-24-12-8-20-47(54)48-21-9-13-25-55(48)68/h2-37H. The van der Waals surface area contributed by atoms with Gasteiger partial charge in [-0.2, -0.15) is 5.26 Å². The van der Waals surface area contributed by atoms with Crippen molar-refractivity contribution in [2.45, 2.75) is 0 Å². The van der Waals surface area contributed by atoms with Crippen LogP contribution in [0.4, 0.5) is 5.69 Å². The number of rotatable bonds is 4. The van der Waals surface area contributed by atoms with Crippen molar-refractivity contribution in [3.63, 3.8) is 0 Å². The van der Waals surface area contributed by atoms with Crippen molar-refractivity contribution in [2.24, 2.45) is 0 Å². The molecule has 70 heavy (non-hydrogen) atoms. The van der Waals surface area contributed by atoms with E-state index >= 15 is 0 Å². The molecular weight excluding hydrogens is 853 g/mol. The van der Waals surface area contributed by atoms with E-state index < -0.39 is 0 Å². The second-order valence-electron chi connectivity index (χ2n) is 18.2. The fourth-order valence-corrected chi connectivity index (χ4v) is 11.9. The third kappa shape index (κ3) is 5.08. The van der Waals surface area contributed by atoms with Crippen LogP contribution in [0.1, 0.15) is 5.56 Å². The van der Waals surface area contributed by atoms with Gasteiger partial charge in [-0.15, -0.1) is 0 Å². The van der Waals surface area contributed by atoms with Crippen LogP contribution >= 0.6 is 0 Å². The van der Waals surface area contributed by atoms with Crippen molar-refractivity contribution in [3.8, 4) is 28.8 Å². The van der Waals surface area contributed by atoms with E-state index in [0.29, 0.717) is 22.6 Å². The summed E-state index contributed by atoms with van der Waals surface area (Å²) in [7, 11) is 0. The summed E-state index contributed by atoms with van der Waals surface area (Å²) in [6, 6.07) is 80.0. The summed E-state index contributed by atoms with van der Waals surface area (Å²) < 4.78 is 9.10. The number of para-hydroxylation sites is 4. The van der Waals surface area contributed by atoms with E-state index in [1.54, 1.807) is 0 Å². The van der Waals surface area contributed by atoms with Gasteiger partial charge in [0.15, 0.2) is 0 Å². The molecule has 322 valence electrons. The lowest BCUT2D eigenvalue weighted by Gasteiger charge is -2.16. The van der Waals surface area contributed by atoms with E-state index in [9.17, 15) is 5.26 Å². The van der Waals surface area contributed by atoms with Crippen LogP contribution in [-0.2, 0) is 0 Å². The summed E-state index contributed by atoms with van der Waals surface area (Å²) in [6.07, 6.45) is 0. The summed E-state index contributed by atoms with van der Waals surface area (Å²) in [4.78, 5) is 4.27. The Morgan fingerprint density at radius 3 is 1.11 bits per heavy atom. The van der Waals surface area contributed by atoms with Gasteiger partial charge in [0.05, 0.1) is 73.7 Å². The number of benzene rings is 11. The molecule has 4 heterocycles. The average molecular weight is 889 g/mol. The second-order valence-corrected chi connectivity index (χ2v) is 18.2. The molecule has 0 bridgehead atoms. The van der Waals surface area contributed by atoms with E-state index in [1.165, 1.54) is 21.5 Å². The Hall–Kier alpha value is -9.88. The number of hydrogen-bond donors (Lipinski definition) is 0. The Kier molecular flexibility index (Phi) is 7.82. The molecule has 15 aromatic rings. The third-order valence-corrected chi connectivity index (χ3v) is 14.8. The highest BCUT2D eigenvalue weighted by molar-refractivity contribution is 6.24. The molecule has 0 aliphatic rings. The summed E-state index contributed by atoms with van der Waals surface area (Å²) in [5.74, 6) is 0. The molecular formula is C64H36N6. The zero-order valence-electron chi connectivity index (χ0n) is 37.5. The van der Waals surface area contributed by atoms with Gasteiger partial charge in [0.2, 0.25) is 5.69 Å². The lowest BCUT2D eigenvalue weighted by atomic mass is 10.0. The van der Waals surface area contributed by atoms with E-state index in [0.717, 1.165) is 98.6 Å². The molecule has 0 amide bonds. The van der Waals surface area contributed by atoms with Crippen molar-refractivity contribution >= 4 is 114 Å². The normalized spacial score (nSPS) is 12.0. The van der Waals surface area contributed by atoms with Crippen molar-refractivity contribution in [2.75, 3.05) is 0 Å². The van der Waals surface area contributed by atoms with Gasteiger partial charge in [0, 0.05) is 54.5 Å². The van der Waals surface area contributed by atoms with Crippen LogP contribution < -0.4 is 0 Å². The van der Waals surface area contributed by atoms with Gasteiger partial charge < -0.3 is 18.3 Å². The number of nitriles is 1. The molecule has 6 nitrogen and oxygen atoms in total. The van der Waals surface area contributed by atoms with Crippen LogP contribution in [-0.4, -0.2) is 18.3 Å². The van der Waals surface area contributed by atoms with E-state index in [2.05, 4.69) is 235 Å². The zero-order chi connectivity index (χ0) is 46.2. The molecule has 0 aliphatic heterocycles. The Morgan fingerprint density at radius 1 is 0.329 bits per heavy atom. The summed E-state index contributed by atoms with van der Waals surface area (Å²) in [5, 5.41) is 25.1. The molecule has 0 spiro atoms. The van der Waals surface area contributed by atoms with Crippen molar-refractivity contribution in [1.29, 1.82) is 5.26 Å². The Morgan fingerprint density at radius 2 is 0.686 bits per heavy atom. The molecule has 0 atom stereocenters. The van der Waals surface area contributed by atoms with Gasteiger partial charge in [-0.05, 0) is 106 Å². The first-order chi connectivity index (χ1) is 34.7. The molecule has 15 rings (SSSR count). The number of hydrogen-bond acceptors (Lipinski definition) is 1. The molecule has 0 N–H and O–H groups in total. The van der Waals surface area contributed by atoms with Gasteiger partial charge in [0.25, 0.3) is 0 Å². The van der Waals surface area contributed by atoms with Crippen molar-refractivity contribution in [3.05, 3.63) is 235 Å². The predicted octanol–water partition coefficient (Wildman–Crippen LogP) is 16.8. The molecule has 0 radical (unpaired) electrons. The van der Waals surface area contributed by atoms with E-state index in [-0.39, 0.29) is 0 Å². The van der Waals surface area contributed by atoms with Gasteiger partial charge in [-0.25, -0.2) is 4.85 Å². The minimum Gasteiger partial charge on any atom is -0.319 e. The molecule has 0 saturated heterocycles. The lowest BCUT2D eigenvalue weighted by molar-refractivity contribution is 1.14. The van der Waals surface area contributed by atoms with Gasteiger partial charge in [0.1, 0.15) is 0 Å².